The first kappa shape index (κ1) is 58.0. The van der Waals surface area contributed by atoms with Crippen molar-refractivity contribution in [3.63, 3.8) is 0 Å². The summed E-state index contributed by atoms with van der Waals surface area (Å²) in [6.45, 7) is 15.5. The van der Waals surface area contributed by atoms with Gasteiger partial charge in [-0.15, -0.1) is 0 Å². The van der Waals surface area contributed by atoms with Gasteiger partial charge in [0.2, 0.25) is 5.88 Å². The number of piperazine rings is 1. The largest absolute Gasteiger partial charge is 0.491 e. The Morgan fingerprint density at radius 2 is 1.70 bits per heavy atom. The van der Waals surface area contributed by atoms with Crippen molar-refractivity contribution in [2.45, 2.75) is 126 Å². The number of nitrogens with one attached hydrogen (secondary N) is 3. The van der Waals surface area contributed by atoms with Crippen LogP contribution in [-0.2, 0) is 26.0 Å². The first-order valence-electron chi connectivity index (χ1n) is 30.8. The Morgan fingerprint density at radius 1 is 0.895 bits per heavy atom. The van der Waals surface area contributed by atoms with E-state index in [4.69, 9.17) is 28.9 Å². The lowest BCUT2D eigenvalue weighted by atomic mass is 9.59. The number of H-pyrrole nitrogens is 1. The average molecular weight is 1190 g/mol. The highest BCUT2D eigenvalue weighted by Gasteiger charge is 2.51. The lowest BCUT2D eigenvalue weighted by molar-refractivity contribution is -0.384. The number of anilines is 5. The minimum Gasteiger partial charge on any atom is -0.491 e. The number of fused-ring (bicyclic) bond motifs is 3. The third-order valence-corrected chi connectivity index (χ3v) is 20.6. The van der Waals surface area contributed by atoms with Crippen molar-refractivity contribution in [2.24, 2.45) is 11.3 Å². The Morgan fingerprint density at radius 3 is 2.47 bits per heavy atom. The van der Waals surface area contributed by atoms with Gasteiger partial charge < -0.3 is 49.1 Å². The highest BCUT2D eigenvalue weighted by atomic mass is 32.2. The van der Waals surface area contributed by atoms with E-state index < -0.39 is 43.1 Å². The first-order valence-corrected chi connectivity index (χ1v) is 32.3. The smallest absolute Gasteiger partial charge is 0.293 e. The molecule has 1 amide bonds. The summed E-state index contributed by atoms with van der Waals surface area (Å²) in [6.07, 6.45) is 10.9. The van der Waals surface area contributed by atoms with Gasteiger partial charge in [0.1, 0.15) is 34.7 Å². The summed E-state index contributed by atoms with van der Waals surface area (Å²) >= 11 is 0. The van der Waals surface area contributed by atoms with E-state index in [9.17, 15) is 28.4 Å². The van der Waals surface area contributed by atoms with Crippen molar-refractivity contribution in [2.75, 3.05) is 98.8 Å². The van der Waals surface area contributed by atoms with E-state index >= 15 is 0 Å². The van der Waals surface area contributed by atoms with Gasteiger partial charge in [-0.2, -0.15) is 4.98 Å². The van der Waals surface area contributed by atoms with Crippen LogP contribution in [0.3, 0.4) is 0 Å². The average Bonchev–Trinajstić information content (AvgIpc) is 2.92. The summed E-state index contributed by atoms with van der Waals surface area (Å²) in [5.41, 5.74) is 4.39. The Kier molecular flexibility index (Phi) is 16.1. The minimum atomic E-state index is -4.65. The number of nitrogens with zero attached hydrogens (tertiary/aromatic N) is 8. The van der Waals surface area contributed by atoms with Crippen LogP contribution in [0.2, 0.25) is 0 Å². The van der Waals surface area contributed by atoms with Crippen LogP contribution in [0.25, 0.3) is 11.0 Å². The van der Waals surface area contributed by atoms with Gasteiger partial charge in [-0.05, 0) is 150 Å². The van der Waals surface area contributed by atoms with Crippen molar-refractivity contribution in [3.8, 4) is 11.6 Å². The molecule has 4 N–H and O–H groups in total. The molecular weight excluding hydrogens is 1110 g/mol. The number of aliphatic hydroxyl groups is 1. The summed E-state index contributed by atoms with van der Waals surface area (Å²) in [5, 5.41) is 26.9. The molecule has 2 aliphatic carbocycles. The van der Waals surface area contributed by atoms with Gasteiger partial charge >= 0.3 is 0 Å². The fraction of sp³-hybridized carbons (Fsp3) is 0.516. The van der Waals surface area contributed by atoms with Crippen LogP contribution < -0.4 is 34.2 Å². The fourth-order valence-electron chi connectivity index (χ4n) is 14.4. The monoisotopic (exact) mass is 1190 g/mol. The van der Waals surface area contributed by atoms with Crippen LogP contribution in [0.5, 0.6) is 11.6 Å². The number of para-hydroxylation sites is 1. The molecule has 3 atom stereocenters. The normalized spacial score (nSPS) is 24.6. The van der Waals surface area contributed by atoms with Crippen LogP contribution in [-0.4, -0.2) is 158 Å². The number of pyridine rings is 2. The minimum absolute atomic E-state index is 0.0397. The quantitative estimate of drug-likeness (QED) is 0.0523. The topological polar surface area (TPSA) is 233 Å². The molecule has 86 heavy (non-hydrogen) atoms. The predicted molar refractivity (Wildman–Crippen MR) is 328 cm³/mol. The number of ether oxygens (including phenoxy) is 4. The number of carbonyl (C=O) groups excluding carboxylic acids is 1. The van der Waals surface area contributed by atoms with Crippen LogP contribution in [0, 0.1) is 21.4 Å². The van der Waals surface area contributed by atoms with Crippen molar-refractivity contribution < 1.29 is 42.2 Å². The van der Waals surface area contributed by atoms with Gasteiger partial charge in [0.15, 0.2) is 0 Å². The third-order valence-electron chi connectivity index (χ3n) is 19.2. The van der Waals surface area contributed by atoms with E-state index in [1.807, 2.05) is 43.6 Å². The number of sulfonamides is 1. The summed E-state index contributed by atoms with van der Waals surface area (Å²) in [6, 6.07) is 26.4. The summed E-state index contributed by atoms with van der Waals surface area (Å²) in [7, 11) is -4.65. The molecule has 0 radical (unpaired) electrons. The van der Waals surface area contributed by atoms with Gasteiger partial charge in [0.25, 0.3) is 21.6 Å². The molecule has 22 heteroatoms. The van der Waals surface area contributed by atoms with Crippen LogP contribution in [0.15, 0.2) is 102 Å². The zero-order valence-corrected chi connectivity index (χ0v) is 50.2. The molecule has 2 saturated carbocycles. The molecule has 456 valence electrons. The number of aromatic amines is 1. The Balaban J connectivity index is 0.743. The highest BCUT2D eigenvalue weighted by Crippen LogP contribution is 2.54. The Labute approximate surface area is 502 Å². The van der Waals surface area contributed by atoms with E-state index in [-0.39, 0.29) is 40.8 Å². The molecule has 3 aromatic heterocycles. The summed E-state index contributed by atoms with van der Waals surface area (Å²) < 4.78 is 55.5. The van der Waals surface area contributed by atoms with E-state index in [0.717, 1.165) is 133 Å². The molecule has 0 unspecified atom stereocenters. The lowest BCUT2D eigenvalue weighted by Crippen LogP contribution is -2.59. The van der Waals surface area contributed by atoms with Crippen LogP contribution in [0.1, 0.15) is 106 Å². The van der Waals surface area contributed by atoms with Crippen LogP contribution in [0.4, 0.5) is 34.3 Å². The number of nitro benzene ring substituents is 1. The number of amides is 1. The number of hydrogen-bond donors (Lipinski definition) is 4. The van der Waals surface area contributed by atoms with E-state index in [1.54, 1.807) is 6.07 Å². The van der Waals surface area contributed by atoms with Crippen LogP contribution >= 0.6 is 0 Å². The predicted octanol–water partition coefficient (Wildman–Crippen LogP) is 8.96. The molecule has 5 aliphatic heterocycles. The molecule has 6 aromatic rings. The molecule has 21 nitrogen and oxygen atoms in total. The number of carbonyl (C=O) groups is 1. The van der Waals surface area contributed by atoms with Gasteiger partial charge in [-0.25, -0.2) is 18.1 Å². The maximum absolute atomic E-state index is 14.9. The third kappa shape index (κ3) is 12.0. The zero-order chi connectivity index (χ0) is 59.3. The Hall–Kier alpha value is -7.08. The van der Waals surface area contributed by atoms with Gasteiger partial charge in [0.05, 0.1) is 64.7 Å². The number of aromatic nitrogens is 3. The molecular formula is C64H79N11O10S. The molecule has 7 aliphatic rings. The van der Waals surface area contributed by atoms with E-state index in [0.29, 0.717) is 68.0 Å². The number of benzene rings is 3. The molecule has 3 aromatic carbocycles. The van der Waals surface area contributed by atoms with Crippen molar-refractivity contribution >= 4 is 61.2 Å². The molecule has 6 fully saturated rings. The molecule has 13 rings (SSSR count). The van der Waals surface area contributed by atoms with Gasteiger partial charge in [-0.3, -0.25) is 24.7 Å². The van der Waals surface area contributed by atoms with E-state index in [1.165, 1.54) is 23.3 Å². The maximum Gasteiger partial charge on any atom is 0.293 e. The number of rotatable bonds is 16. The maximum atomic E-state index is 14.9. The molecule has 0 bridgehead atoms. The highest BCUT2D eigenvalue weighted by molar-refractivity contribution is 7.90. The second kappa shape index (κ2) is 23.9. The molecule has 1 spiro atoms. The number of hydrogen-bond acceptors (Lipinski definition) is 18. The zero-order valence-electron chi connectivity index (χ0n) is 49.4. The fourth-order valence-corrected chi connectivity index (χ4v) is 15.4. The van der Waals surface area contributed by atoms with Gasteiger partial charge in [0, 0.05) is 107 Å². The summed E-state index contributed by atoms with van der Waals surface area (Å²) in [4.78, 5) is 51.3. The van der Waals surface area contributed by atoms with E-state index in [2.05, 4.69) is 89.8 Å². The summed E-state index contributed by atoms with van der Waals surface area (Å²) in [5.74, 6) is 1.60. The van der Waals surface area contributed by atoms with Crippen molar-refractivity contribution in [3.05, 3.63) is 124 Å². The molecule has 8 heterocycles. The lowest BCUT2D eigenvalue weighted by Gasteiger charge is -2.58. The second-order valence-corrected chi connectivity index (χ2v) is 27.1. The number of nitro groups is 1. The van der Waals surface area contributed by atoms with Crippen molar-refractivity contribution in [1.29, 1.82) is 0 Å². The first-order chi connectivity index (χ1) is 41.5. The SMILES string of the molecule is CC(C)Oc1ccccc1[C@H]1CN(Cc2ccc(N3CCOCC3)nc2)CCN1C1CC2(CCN(c3ccc(C(=O)NS(=O)(=O)c4ccc(NC[C@H]5CC[C@](C)(O)CC5)c([N+](=O)[O-])c4)c(N4c5cc6cc[nH]c6nc5O[C@H]5COCC[C@@H]54)c3)CC2)C1. The van der Waals surface area contributed by atoms with Gasteiger partial charge in [-0.1, -0.05) is 24.3 Å². The second-order valence-electron chi connectivity index (χ2n) is 25.4. The number of morpholine rings is 1. The standard InChI is InChI=1S/C64H79N11O10S/c1-42(2)84-57-7-5-4-6-49(57)56-40-70(39-44-8-13-59(67-38-44)72-27-30-82-31-28-72)25-26-73(56)47-35-64(36-47)20-23-71(24-21-64)46-9-11-50(53(33-46)74-52-17-29-83-41-58(52)85-62-55(74)32-45-16-22-65-60(45)68-62)61(76)69-86(80,81)48-10-12-51(54(34-48)75(78)79)66-37-43-14-18-63(3,77)19-15-43/h4-13,16,22,32-34,38,42-43,47,52,56,58,66,77H,14-15,17-21,23-31,35-37,39-41H2,1-3H3,(H,65,68)(H,69,76)/t43-,52-,56+,58-,63-/m0/s1. The van der Waals surface area contributed by atoms with Crippen molar-refractivity contribution in [1.82, 2.24) is 29.5 Å². The number of piperidine rings is 1. The Bertz CT molecular complexity index is 3550. The molecule has 4 saturated heterocycles.